The maximum atomic E-state index is 3.46. The van der Waals surface area contributed by atoms with Gasteiger partial charge in [0.05, 0.1) is 0 Å². The van der Waals surface area contributed by atoms with Crippen LogP contribution in [0.5, 0.6) is 0 Å². The van der Waals surface area contributed by atoms with Crippen LogP contribution in [-0.4, -0.2) is 4.57 Å². The summed E-state index contributed by atoms with van der Waals surface area (Å²) in [6.07, 6.45) is 7.78. The molecule has 0 fully saturated rings. The van der Waals surface area contributed by atoms with Gasteiger partial charge in [0.15, 0.2) is 0 Å². The molecule has 2 nitrogen and oxygen atoms in total. The van der Waals surface area contributed by atoms with Gasteiger partial charge in [-0.1, -0.05) is 54.6 Å². The molecule has 1 aromatic heterocycles. The van der Waals surface area contributed by atoms with E-state index in [0.29, 0.717) is 5.92 Å². The molecule has 0 bridgehead atoms. The Hall–Kier alpha value is -3.52. The van der Waals surface area contributed by atoms with Crippen LogP contribution in [0.15, 0.2) is 103 Å². The molecule has 3 aromatic carbocycles. The summed E-state index contributed by atoms with van der Waals surface area (Å²) in [7, 11) is 0. The Balaban J connectivity index is 1.43. The minimum atomic E-state index is 0.399. The van der Waals surface area contributed by atoms with Gasteiger partial charge in [-0.15, -0.1) is 0 Å². The summed E-state index contributed by atoms with van der Waals surface area (Å²) in [6, 6.07) is 31.9. The Morgan fingerprint density at radius 1 is 0.714 bits per heavy atom. The number of anilines is 2. The van der Waals surface area contributed by atoms with Crippen molar-refractivity contribution >= 4 is 17.5 Å². The van der Waals surface area contributed by atoms with E-state index in [2.05, 4.69) is 101 Å². The zero-order valence-corrected chi connectivity index (χ0v) is 15.6. The largest absolute Gasteiger partial charge is 0.356 e. The molecule has 1 heterocycles. The van der Waals surface area contributed by atoms with E-state index in [1.807, 2.05) is 18.2 Å². The lowest BCUT2D eigenvalue weighted by Gasteiger charge is -2.21. The van der Waals surface area contributed by atoms with Crippen molar-refractivity contribution in [1.29, 1.82) is 0 Å². The number of nitrogens with one attached hydrogen (secondary N) is 1. The van der Waals surface area contributed by atoms with Crippen molar-refractivity contribution in [3.63, 3.8) is 0 Å². The summed E-state index contributed by atoms with van der Waals surface area (Å²) in [5, 5.41) is 3.46. The van der Waals surface area contributed by atoms with Gasteiger partial charge in [-0.2, -0.15) is 0 Å². The molecular formula is C26H22N2. The molecule has 1 atom stereocenters. The maximum Gasteiger partial charge on any atom is 0.0491 e. The first kappa shape index (κ1) is 16.6. The molecule has 1 aliphatic rings. The first-order valence-electron chi connectivity index (χ1n) is 9.74. The number of para-hydroxylation sites is 2. The van der Waals surface area contributed by atoms with Crippen LogP contribution in [0.1, 0.15) is 29.2 Å². The highest BCUT2D eigenvalue weighted by Gasteiger charge is 2.22. The first-order valence-corrected chi connectivity index (χ1v) is 9.74. The molecule has 0 radical (unpaired) electrons. The molecule has 1 N–H and O–H groups in total. The van der Waals surface area contributed by atoms with Gasteiger partial charge in [0.2, 0.25) is 0 Å². The van der Waals surface area contributed by atoms with Crippen molar-refractivity contribution in [2.45, 2.75) is 12.3 Å². The number of fused-ring (bicyclic) bond motifs is 1. The van der Waals surface area contributed by atoms with Crippen molar-refractivity contribution in [3.8, 4) is 5.69 Å². The summed E-state index contributed by atoms with van der Waals surface area (Å²) in [6.45, 7) is 0. The number of benzene rings is 3. The number of nitrogens with zero attached hydrogens (tertiary/aromatic N) is 1. The van der Waals surface area contributed by atoms with Crippen LogP contribution in [0.3, 0.4) is 0 Å². The second kappa shape index (κ2) is 7.24. The Kier molecular flexibility index (Phi) is 4.30. The fraction of sp³-hybridized carbons (Fsp3) is 0.0769. The first-order chi connectivity index (χ1) is 13.9. The van der Waals surface area contributed by atoms with Crippen molar-refractivity contribution < 1.29 is 0 Å². The lowest BCUT2D eigenvalue weighted by Crippen LogP contribution is -2.06. The molecule has 28 heavy (non-hydrogen) atoms. The van der Waals surface area contributed by atoms with Gasteiger partial charge in [0, 0.05) is 34.9 Å². The van der Waals surface area contributed by atoms with Crippen LogP contribution < -0.4 is 5.32 Å². The molecule has 1 aliphatic carbocycles. The van der Waals surface area contributed by atoms with Gasteiger partial charge in [-0.3, -0.25) is 0 Å². The highest BCUT2D eigenvalue weighted by Crippen LogP contribution is 2.37. The van der Waals surface area contributed by atoms with Crippen molar-refractivity contribution in [2.75, 3.05) is 5.32 Å². The number of allylic oxidation sites excluding steroid dienone is 1. The molecular weight excluding hydrogens is 340 g/mol. The summed E-state index contributed by atoms with van der Waals surface area (Å²) in [4.78, 5) is 0. The van der Waals surface area contributed by atoms with Crippen LogP contribution in [0.25, 0.3) is 11.8 Å². The Bertz CT molecular complexity index is 1090. The second-order valence-electron chi connectivity index (χ2n) is 7.17. The molecule has 0 saturated heterocycles. The van der Waals surface area contributed by atoms with E-state index < -0.39 is 0 Å². The zero-order valence-electron chi connectivity index (χ0n) is 15.6. The quantitative estimate of drug-likeness (QED) is 0.424. The van der Waals surface area contributed by atoms with E-state index in [1.165, 1.54) is 22.5 Å². The highest BCUT2D eigenvalue weighted by molar-refractivity contribution is 5.62. The Morgan fingerprint density at radius 3 is 2.14 bits per heavy atom. The summed E-state index contributed by atoms with van der Waals surface area (Å²) >= 11 is 0. The summed E-state index contributed by atoms with van der Waals surface area (Å²) < 4.78 is 2.28. The van der Waals surface area contributed by atoms with Gasteiger partial charge < -0.3 is 9.88 Å². The van der Waals surface area contributed by atoms with Crippen LogP contribution >= 0.6 is 0 Å². The van der Waals surface area contributed by atoms with E-state index in [4.69, 9.17) is 0 Å². The second-order valence-corrected chi connectivity index (χ2v) is 7.17. The zero-order chi connectivity index (χ0) is 18.8. The monoisotopic (exact) mass is 362 g/mol. The number of aromatic nitrogens is 1. The van der Waals surface area contributed by atoms with Gasteiger partial charge in [0.1, 0.15) is 0 Å². The van der Waals surface area contributed by atoms with Gasteiger partial charge in [-0.25, -0.2) is 0 Å². The molecule has 4 aromatic rings. The van der Waals surface area contributed by atoms with Gasteiger partial charge >= 0.3 is 0 Å². The van der Waals surface area contributed by atoms with E-state index in [9.17, 15) is 0 Å². The van der Waals surface area contributed by atoms with Crippen LogP contribution in [0, 0.1) is 0 Å². The minimum Gasteiger partial charge on any atom is -0.356 e. The molecule has 1 unspecified atom stereocenters. The highest BCUT2D eigenvalue weighted by atomic mass is 15.0. The van der Waals surface area contributed by atoms with Crippen molar-refractivity contribution in [3.05, 3.63) is 120 Å². The minimum absolute atomic E-state index is 0.399. The average molecular weight is 362 g/mol. The Labute approximate surface area is 165 Å². The summed E-state index contributed by atoms with van der Waals surface area (Å²) in [5.41, 5.74) is 7.47. The van der Waals surface area contributed by atoms with E-state index in [0.717, 1.165) is 17.8 Å². The number of hydrogen-bond donors (Lipinski definition) is 1. The molecule has 136 valence electrons. The molecule has 0 spiro atoms. The molecule has 0 saturated carbocycles. The van der Waals surface area contributed by atoms with Crippen molar-refractivity contribution in [2.24, 2.45) is 0 Å². The van der Waals surface area contributed by atoms with Crippen LogP contribution in [0.2, 0.25) is 0 Å². The number of rotatable bonds is 4. The van der Waals surface area contributed by atoms with Crippen LogP contribution in [-0.2, 0) is 0 Å². The van der Waals surface area contributed by atoms with Crippen LogP contribution in [0.4, 0.5) is 11.4 Å². The summed E-state index contributed by atoms with van der Waals surface area (Å²) in [5.74, 6) is 0.399. The van der Waals surface area contributed by atoms with E-state index >= 15 is 0 Å². The normalized spacial score (nSPS) is 15.2. The molecule has 0 amide bonds. The predicted octanol–water partition coefficient (Wildman–Crippen LogP) is 6.77. The van der Waals surface area contributed by atoms with Gasteiger partial charge in [0.25, 0.3) is 0 Å². The lowest BCUT2D eigenvalue weighted by molar-refractivity contribution is 0.814. The third kappa shape index (κ3) is 3.14. The predicted molar refractivity (Wildman–Crippen MR) is 117 cm³/mol. The maximum absolute atomic E-state index is 3.46. The molecule has 0 aliphatic heterocycles. The fourth-order valence-electron chi connectivity index (χ4n) is 3.99. The standard InChI is InChI=1S/C26H22N2/c1-3-8-21(9-4-1)27-22-16-14-20(15-17-22)24-12-7-13-26-25(24)18-19-28(26)23-10-5-2-6-11-23/h1-11,13-19,24,27H,12H2. The SMILES string of the molecule is C1=Cc2c(ccn2-c2ccccc2)C(c2ccc(Nc3ccccc3)cc2)C1. The smallest absolute Gasteiger partial charge is 0.0491 e. The van der Waals surface area contributed by atoms with E-state index in [1.54, 1.807) is 0 Å². The third-order valence-electron chi connectivity index (χ3n) is 5.39. The van der Waals surface area contributed by atoms with E-state index in [-0.39, 0.29) is 0 Å². The number of hydrogen-bond acceptors (Lipinski definition) is 1. The molecule has 2 heteroatoms. The third-order valence-corrected chi connectivity index (χ3v) is 5.39. The average Bonchev–Trinajstić information content (AvgIpc) is 3.20. The van der Waals surface area contributed by atoms with Crippen molar-refractivity contribution in [1.82, 2.24) is 4.57 Å². The Morgan fingerprint density at radius 2 is 1.39 bits per heavy atom. The van der Waals surface area contributed by atoms with Gasteiger partial charge in [-0.05, 0) is 66.1 Å². The fourth-order valence-corrected chi connectivity index (χ4v) is 3.99. The lowest BCUT2D eigenvalue weighted by atomic mass is 9.85. The molecule has 5 rings (SSSR count). The topological polar surface area (TPSA) is 17.0 Å².